The van der Waals surface area contributed by atoms with Crippen LogP contribution in [0.3, 0.4) is 0 Å². The molecule has 1 aliphatic heterocycles. The summed E-state index contributed by atoms with van der Waals surface area (Å²) in [6.45, 7) is 0. The van der Waals surface area contributed by atoms with Crippen LogP contribution >= 0.6 is 11.3 Å². The van der Waals surface area contributed by atoms with Crippen LogP contribution in [-0.4, -0.2) is 18.2 Å². The molecule has 0 amide bonds. The average Bonchev–Trinajstić information content (AvgIpc) is 3.24. The number of fused-ring (bicyclic) bond motifs is 3. The quantitative estimate of drug-likeness (QED) is 0.739. The van der Waals surface area contributed by atoms with Crippen LogP contribution in [-0.2, 0) is 12.8 Å². The predicted molar refractivity (Wildman–Crippen MR) is 110 cm³/mol. The van der Waals surface area contributed by atoms with Gasteiger partial charge in [0.1, 0.15) is 10.8 Å². The van der Waals surface area contributed by atoms with Crippen LogP contribution in [0, 0.1) is 0 Å². The first-order chi connectivity index (χ1) is 12.9. The molecule has 1 aromatic heterocycles. The molecule has 1 fully saturated rings. The van der Waals surface area contributed by atoms with E-state index in [0.717, 1.165) is 18.7 Å². The van der Waals surface area contributed by atoms with E-state index in [-0.39, 0.29) is 6.29 Å². The summed E-state index contributed by atoms with van der Waals surface area (Å²) in [5.41, 5.74) is 4.11. The van der Waals surface area contributed by atoms with Crippen LogP contribution in [0.2, 0.25) is 0 Å². The first-order valence-corrected chi connectivity index (χ1v) is 11.1. The molecule has 5 heteroatoms. The molecule has 1 unspecified atom stereocenters. The van der Waals surface area contributed by atoms with Crippen LogP contribution in [0.4, 0.5) is 5.00 Å². The van der Waals surface area contributed by atoms with E-state index >= 15 is 0 Å². The number of aliphatic imine (C=N–C) groups is 1. The molecule has 1 atom stereocenters. The Morgan fingerprint density at radius 2 is 1.96 bits per heavy atom. The Morgan fingerprint density at radius 1 is 1.04 bits per heavy atom. The minimum atomic E-state index is -0.0821. The summed E-state index contributed by atoms with van der Waals surface area (Å²) in [5.74, 6) is 1.13. The Morgan fingerprint density at radius 3 is 2.81 bits per heavy atom. The summed E-state index contributed by atoms with van der Waals surface area (Å²) in [6.07, 6.45) is 19.2. The first-order valence-electron chi connectivity index (χ1n) is 10.3. The number of hydrogen-bond donors (Lipinski definition) is 3. The average molecular weight is 369 g/mol. The van der Waals surface area contributed by atoms with Crippen molar-refractivity contribution in [3.8, 4) is 0 Å². The Labute approximate surface area is 159 Å². The summed E-state index contributed by atoms with van der Waals surface area (Å²) in [7, 11) is 0. The zero-order valence-electron chi connectivity index (χ0n) is 15.3. The minimum Gasteiger partial charge on any atom is -0.367 e. The molecule has 2 heterocycles. The molecule has 3 N–H and O–H groups in total. The molecule has 0 saturated heterocycles. The van der Waals surface area contributed by atoms with Gasteiger partial charge in [0.15, 0.2) is 6.29 Å². The third kappa shape index (κ3) is 3.18. The maximum atomic E-state index is 5.08. The lowest BCUT2D eigenvalue weighted by Gasteiger charge is -2.30. The zero-order valence-corrected chi connectivity index (χ0v) is 16.1. The van der Waals surface area contributed by atoms with Gasteiger partial charge in [-0.15, -0.1) is 11.3 Å². The maximum Gasteiger partial charge on any atom is 0.197 e. The molecule has 0 radical (unpaired) electrons. The molecule has 1 saturated carbocycles. The number of hydrogen-bond acceptors (Lipinski definition) is 5. The van der Waals surface area contributed by atoms with Gasteiger partial charge in [0.25, 0.3) is 0 Å². The van der Waals surface area contributed by atoms with Crippen molar-refractivity contribution < 1.29 is 0 Å². The van der Waals surface area contributed by atoms with Crippen molar-refractivity contribution in [3.05, 3.63) is 39.9 Å². The lowest BCUT2D eigenvalue weighted by molar-refractivity contribution is 0.412. The largest absolute Gasteiger partial charge is 0.367 e. The molecule has 0 bridgehead atoms. The van der Waals surface area contributed by atoms with Crippen LogP contribution in [0.15, 0.2) is 28.9 Å². The standard InChI is InChI=1S/C21H28N4S/c1-3-8-14(9-4-1)22-19-18-16-12-7-13-17(16)26-20(18)25-21(24-19)23-15-10-5-2-6-11-15/h5,10-11,14,21,23,25H,1-4,6-9,12-13H2,(H,22,24). The van der Waals surface area contributed by atoms with Crippen molar-refractivity contribution in [2.75, 3.05) is 5.32 Å². The molecule has 3 aliphatic carbocycles. The van der Waals surface area contributed by atoms with E-state index in [1.807, 2.05) is 11.3 Å². The van der Waals surface area contributed by atoms with Crippen LogP contribution in [0.25, 0.3) is 0 Å². The molecule has 0 spiro atoms. The van der Waals surface area contributed by atoms with E-state index in [1.54, 1.807) is 10.4 Å². The highest BCUT2D eigenvalue weighted by molar-refractivity contribution is 7.16. The predicted octanol–water partition coefficient (Wildman–Crippen LogP) is 4.44. The second kappa shape index (κ2) is 7.10. The highest BCUT2D eigenvalue weighted by Gasteiger charge is 2.31. The fraction of sp³-hybridized carbons (Fsp3) is 0.571. The van der Waals surface area contributed by atoms with Crippen molar-refractivity contribution in [1.29, 1.82) is 0 Å². The van der Waals surface area contributed by atoms with Gasteiger partial charge < -0.3 is 16.0 Å². The molecule has 4 nitrogen and oxygen atoms in total. The maximum absolute atomic E-state index is 5.08. The van der Waals surface area contributed by atoms with Gasteiger partial charge in [-0.25, -0.2) is 4.99 Å². The van der Waals surface area contributed by atoms with Crippen molar-refractivity contribution in [2.24, 2.45) is 4.99 Å². The van der Waals surface area contributed by atoms with E-state index in [1.165, 1.54) is 67.6 Å². The highest BCUT2D eigenvalue weighted by atomic mass is 32.1. The zero-order chi connectivity index (χ0) is 17.3. The van der Waals surface area contributed by atoms with Gasteiger partial charge in [0.05, 0.1) is 5.56 Å². The smallest absolute Gasteiger partial charge is 0.197 e. The number of thiophene rings is 1. The number of amidine groups is 1. The van der Waals surface area contributed by atoms with E-state index < -0.39 is 0 Å². The van der Waals surface area contributed by atoms with Gasteiger partial charge in [-0.3, -0.25) is 0 Å². The summed E-state index contributed by atoms with van der Waals surface area (Å²) in [5, 5.41) is 12.4. The Balaban J connectivity index is 1.43. The summed E-state index contributed by atoms with van der Waals surface area (Å²) >= 11 is 1.95. The van der Waals surface area contributed by atoms with Crippen molar-refractivity contribution >= 4 is 22.2 Å². The van der Waals surface area contributed by atoms with E-state index in [9.17, 15) is 0 Å². The highest BCUT2D eigenvalue weighted by Crippen LogP contribution is 2.41. The Kier molecular flexibility index (Phi) is 4.49. The van der Waals surface area contributed by atoms with E-state index in [4.69, 9.17) is 4.99 Å². The fourth-order valence-corrected chi connectivity index (χ4v) is 5.92. The topological polar surface area (TPSA) is 48.5 Å². The van der Waals surface area contributed by atoms with Crippen molar-refractivity contribution in [2.45, 2.75) is 76.5 Å². The van der Waals surface area contributed by atoms with Gasteiger partial charge >= 0.3 is 0 Å². The molecule has 0 aromatic carbocycles. The van der Waals surface area contributed by atoms with Gasteiger partial charge in [0, 0.05) is 16.6 Å². The van der Waals surface area contributed by atoms with Crippen molar-refractivity contribution in [1.82, 2.24) is 10.6 Å². The second-order valence-corrected chi connectivity index (χ2v) is 8.95. The number of rotatable bonds is 3. The summed E-state index contributed by atoms with van der Waals surface area (Å²) in [6, 6.07) is 0.583. The Bertz CT molecular complexity index is 767. The number of anilines is 1. The summed E-state index contributed by atoms with van der Waals surface area (Å²) < 4.78 is 0. The lowest BCUT2D eigenvalue weighted by Crippen LogP contribution is -2.44. The molecule has 138 valence electrons. The Hall–Kier alpha value is -1.75. The minimum absolute atomic E-state index is 0.0821. The lowest BCUT2D eigenvalue weighted by atomic mass is 9.95. The van der Waals surface area contributed by atoms with E-state index in [2.05, 4.69) is 34.2 Å². The number of allylic oxidation sites excluding steroid dienone is 3. The van der Waals surface area contributed by atoms with Crippen LogP contribution < -0.4 is 16.0 Å². The molecule has 1 aromatic rings. The number of nitrogens with zero attached hydrogens (tertiary/aromatic N) is 1. The van der Waals surface area contributed by atoms with Gasteiger partial charge in [-0.05, 0) is 56.6 Å². The molecule has 4 aliphatic rings. The summed E-state index contributed by atoms with van der Waals surface area (Å²) in [4.78, 5) is 6.64. The molecular weight excluding hydrogens is 340 g/mol. The third-order valence-electron chi connectivity index (χ3n) is 5.93. The molecule has 5 rings (SSSR count). The first kappa shape index (κ1) is 16.4. The SMILES string of the molecule is C1=CC(NC2N=C(NC3CCCCC3)c3c(sc4c3CCC4)N2)=CCC1. The second-order valence-electron chi connectivity index (χ2n) is 7.85. The fourth-order valence-electron chi connectivity index (χ4n) is 4.60. The number of nitrogens with one attached hydrogen (secondary N) is 3. The van der Waals surface area contributed by atoms with Crippen LogP contribution in [0.1, 0.15) is 67.4 Å². The molecule has 26 heavy (non-hydrogen) atoms. The third-order valence-corrected chi connectivity index (χ3v) is 7.15. The monoisotopic (exact) mass is 368 g/mol. The van der Waals surface area contributed by atoms with E-state index in [0.29, 0.717) is 6.04 Å². The van der Waals surface area contributed by atoms with Crippen molar-refractivity contribution in [3.63, 3.8) is 0 Å². The van der Waals surface area contributed by atoms with Gasteiger partial charge in [0.2, 0.25) is 0 Å². The molecular formula is C21H28N4S. The normalized spacial score (nSPS) is 25.0. The van der Waals surface area contributed by atoms with Crippen LogP contribution in [0.5, 0.6) is 0 Å². The van der Waals surface area contributed by atoms with Gasteiger partial charge in [-0.1, -0.05) is 31.4 Å². The van der Waals surface area contributed by atoms with Gasteiger partial charge in [-0.2, -0.15) is 0 Å². The number of aryl methyl sites for hydroxylation is 1.